The van der Waals surface area contributed by atoms with Crippen LogP contribution in [0.25, 0.3) is 0 Å². The molecule has 1 spiro atoms. The molecule has 0 N–H and O–H groups in total. The summed E-state index contributed by atoms with van der Waals surface area (Å²) in [4.78, 5) is 25.8. The number of hydrogen-bond donors (Lipinski definition) is 0. The molecule has 0 bridgehead atoms. The Balaban J connectivity index is 1.56. The Morgan fingerprint density at radius 2 is 1.84 bits per heavy atom. The minimum atomic E-state index is -0.534. The normalized spacial score (nSPS) is 21.7. The lowest BCUT2D eigenvalue weighted by atomic mass is 10.0. The summed E-state index contributed by atoms with van der Waals surface area (Å²) in [5.74, 6) is 0. The maximum absolute atomic E-state index is 12.2. The molecule has 0 saturated carbocycles. The Morgan fingerprint density at radius 1 is 1.20 bits per heavy atom. The van der Waals surface area contributed by atoms with Gasteiger partial charge >= 0.3 is 6.09 Å². The lowest BCUT2D eigenvalue weighted by Crippen LogP contribution is -2.53. The molecule has 1 amide bonds. The second-order valence-electron chi connectivity index (χ2n) is 7.56. The van der Waals surface area contributed by atoms with E-state index in [-0.39, 0.29) is 6.09 Å². The van der Waals surface area contributed by atoms with Gasteiger partial charge in [-0.1, -0.05) is 30.3 Å². The number of carbonyl (C=O) groups excluding carboxylic acids is 1. The van der Waals surface area contributed by atoms with Crippen LogP contribution in [-0.2, 0) is 21.1 Å². The fourth-order valence-electron chi connectivity index (χ4n) is 3.04. The van der Waals surface area contributed by atoms with Crippen molar-refractivity contribution in [1.29, 1.82) is 0 Å². The molecule has 0 aliphatic carbocycles. The van der Waals surface area contributed by atoms with Gasteiger partial charge in [0.2, 0.25) is 0 Å². The maximum atomic E-state index is 12.2. The summed E-state index contributed by atoms with van der Waals surface area (Å²) >= 11 is 0. The topological polar surface area (TPSA) is 54.5 Å². The number of ether oxygens (including phenoxy) is 1. The van der Waals surface area contributed by atoms with Crippen molar-refractivity contribution < 1.29 is 19.3 Å². The Hall–Kier alpha value is -1.67. The number of nitrogens with zero attached hydrogens (tertiary/aromatic N) is 3. The van der Waals surface area contributed by atoms with E-state index in [2.05, 4.69) is 0 Å². The quantitative estimate of drug-likeness (QED) is 0.818. The van der Waals surface area contributed by atoms with Crippen molar-refractivity contribution in [3.05, 3.63) is 35.9 Å². The molecule has 2 aliphatic rings. The first-order valence-corrected chi connectivity index (χ1v) is 8.68. The number of rotatable bonds is 2. The first kappa shape index (κ1) is 18.1. The number of amides is 1. The van der Waals surface area contributed by atoms with Crippen LogP contribution < -0.4 is 0 Å². The second-order valence-corrected chi connectivity index (χ2v) is 7.56. The molecule has 0 aromatic heterocycles. The van der Waals surface area contributed by atoms with E-state index in [9.17, 15) is 4.79 Å². The summed E-state index contributed by atoms with van der Waals surface area (Å²) in [5.41, 5.74) is 0.0922. The highest BCUT2D eigenvalue weighted by atomic mass is 17.1. The van der Waals surface area contributed by atoms with Crippen molar-refractivity contribution in [2.75, 3.05) is 20.1 Å². The van der Waals surface area contributed by atoms with Crippen molar-refractivity contribution in [2.45, 2.75) is 51.5 Å². The number of piperidine rings is 1. The summed E-state index contributed by atoms with van der Waals surface area (Å²) < 4.78 is 5.45. The Bertz CT molecular complexity index is 594. The smallest absolute Gasteiger partial charge is 0.410 e. The van der Waals surface area contributed by atoms with Crippen LogP contribution in [0.1, 0.15) is 39.2 Å². The molecule has 138 valence electrons. The van der Waals surface area contributed by atoms with E-state index in [0.717, 1.165) is 5.56 Å². The minimum Gasteiger partial charge on any atom is -0.444 e. The standard InChI is InChI=1S/C18H27N3O4/c1-17(2,3)23-16(22)20-12-10-18(11-13-20)19(4)25-21(24-18)14-15-8-6-5-7-9-15/h5-9H,10-14H2,1-4H3. The van der Waals surface area contributed by atoms with Crippen LogP contribution in [0.15, 0.2) is 30.3 Å². The van der Waals surface area contributed by atoms with Gasteiger partial charge in [-0.25, -0.2) is 9.63 Å². The summed E-state index contributed by atoms with van der Waals surface area (Å²) in [6.07, 6.45) is 1.05. The van der Waals surface area contributed by atoms with Crippen LogP contribution in [0.5, 0.6) is 0 Å². The third kappa shape index (κ3) is 4.30. The first-order chi connectivity index (χ1) is 11.8. The van der Waals surface area contributed by atoms with Crippen molar-refractivity contribution in [3.63, 3.8) is 0 Å². The van der Waals surface area contributed by atoms with Gasteiger partial charge in [-0.2, -0.15) is 4.94 Å². The van der Waals surface area contributed by atoms with Gasteiger partial charge in [0.25, 0.3) is 0 Å². The van der Waals surface area contributed by atoms with Crippen LogP contribution in [0, 0.1) is 0 Å². The highest BCUT2D eigenvalue weighted by Gasteiger charge is 2.49. The largest absolute Gasteiger partial charge is 0.444 e. The maximum Gasteiger partial charge on any atom is 0.410 e. The molecule has 0 radical (unpaired) electrons. The molecule has 0 atom stereocenters. The van der Waals surface area contributed by atoms with Gasteiger partial charge in [0.15, 0.2) is 5.72 Å². The molecular formula is C18H27N3O4. The number of carbonyl (C=O) groups is 1. The fourth-order valence-corrected chi connectivity index (χ4v) is 3.04. The number of benzene rings is 1. The predicted molar refractivity (Wildman–Crippen MR) is 91.7 cm³/mol. The molecule has 1 aromatic carbocycles. The predicted octanol–water partition coefficient (Wildman–Crippen LogP) is 2.94. The zero-order valence-corrected chi connectivity index (χ0v) is 15.4. The summed E-state index contributed by atoms with van der Waals surface area (Å²) in [5, 5.41) is 3.26. The highest BCUT2D eigenvalue weighted by Crippen LogP contribution is 2.36. The van der Waals surface area contributed by atoms with Gasteiger partial charge in [0.05, 0.1) is 6.54 Å². The average Bonchev–Trinajstić information content (AvgIpc) is 2.82. The van der Waals surface area contributed by atoms with E-state index in [4.69, 9.17) is 14.5 Å². The van der Waals surface area contributed by atoms with Gasteiger partial charge in [-0.3, -0.25) is 0 Å². The van der Waals surface area contributed by atoms with E-state index < -0.39 is 11.3 Å². The van der Waals surface area contributed by atoms with E-state index in [1.165, 1.54) is 5.23 Å². The van der Waals surface area contributed by atoms with Gasteiger partial charge in [-0.05, 0) is 31.6 Å². The third-order valence-electron chi connectivity index (χ3n) is 4.41. The average molecular weight is 349 g/mol. The minimum absolute atomic E-state index is 0.273. The Labute approximate surface area is 148 Å². The molecule has 2 fully saturated rings. The van der Waals surface area contributed by atoms with Gasteiger partial charge < -0.3 is 9.64 Å². The van der Waals surface area contributed by atoms with Crippen LogP contribution in [0.3, 0.4) is 0 Å². The highest BCUT2D eigenvalue weighted by molar-refractivity contribution is 5.68. The Morgan fingerprint density at radius 3 is 2.44 bits per heavy atom. The summed E-state index contributed by atoms with van der Waals surface area (Å²) in [6, 6.07) is 10.0. The molecule has 0 unspecified atom stereocenters. The first-order valence-electron chi connectivity index (χ1n) is 8.68. The monoisotopic (exact) mass is 349 g/mol. The molecule has 1 aromatic rings. The van der Waals surface area contributed by atoms with Crippen LogP contribution in [0.2, 0.25) is 0 Å². The number of hydroxylamine groups is 4. The SMILES string of the molecule is CN1ON(Cc2ccccc2)OC12CCN(C(=O)OC(C)(C)C)CC2. The van der Waals surface area contributed by atoms with Gasteiger partial charge in [0, 0.05) is 33.0 Å². The van der Waals surface area contributed by atoms with E-state index in [0.29, 0.717) is 32.5 Å². The lowest BCUT2D eigenvalue weighted by Gasteiger charge is -2.39. The van der Waals surface area contributed by atoms with E-state index in [1.807, 2.05) is 58.2 Å². The van der Waals surface area contributed by atoms with E-state index in [1.54, 1.807) is 9.96 Å². The molecule has 2 saturated heterocycles. The van der Waals surface area contributed by atoms with Crippen LogP contribution >= 0.6 is 0 Å². The van der Waals surface area contributed by atoms with Crippen molar-refractivity contribution in [2.24, 2.45) is 0 Å². The van der Waals surface area contributed by atoms with E-state index >= 15 is 0 Å². The molecule has 2 aliphatic heterocycles. The molecular weight excluding hydrogens is 322 g/mol. The van der Waals surface area contributed by atoms with Gasteiger partial charge in [0.1, 0.15) is 5.60 Å². The van der Waals surface area contributed by atoms with Crippen molar-refractivity contribution >= 4 is 6.09 Å². The number of hydrogen-bond acceptors (Lipinski definition) is 6. The van der Waals surface area contributed by atoms with Crippen molar-refractivity contribution in [1.82, 2.24) is 15.2 Å². The number of likely N-dealkylation sites (tertiary alicyclic amines) is 1. The van der Waals surface area contributed by atoms with Gasteiger partial charge in [-0.15, -0.1) is 5.06 Å². The zero-order valence-electron chi connectivity index (χ0n) is 15.4. The van der Waals surface area contributed by atoms with Crippen LogP contribution in [-0.4, -0.2) is 52.7 Å². The Kier molecular flexibility index (Phi) is 5.02. The molecule has 7 heteroatoms. The molecule has 25 heavy (non-hydrogen) atoms. The zero-order chi connectivity index (χ0) is 18.1. The lowest BCUT2D eigenvalue weighted by molar-refractivity contribution is -0.358. The second kappa shape index (κ2) is 6.92. The van der Waals surface area contributed by atoms with Crippen molar-refractivity contribution in [3.8, 4) is 0 Å². The summed E-state index contributed by atoms with van der Waals surface area (Å²) in [7, 11) is 1.87. The molecule has 7 nitrogen and oxygen atoms in total. The summed E-state index contributed by atoms with van der Waals surface area (Å²) in [6.45, 7) is 7.31. The third-order valence-corrected chi connectivity index (χ3v) is 4.41. The fraction of sp³-hybridized carbons (Fsp3) is 0.611. The molecule has 3 rings (SSSR count). The molecule has 2 heterocycles. The van der Waals surface area contributed by atoms with Crippen LogP contribution in [0.4, 0.5) is 4.79 Å².